The van der Waals surface area contributed by atoms with Gasteiger partial charge in [0.15, 0.2) is 0 Å². The second kappa shape index (κ2) is 5.75. The van der Waals surface area contributed by atoms with Gasteiger partial charge in [-0.15, -0.1) is 0 Å². The zero-order valence-corrected chi connectivity index (χ0v) is 11.2. The Kier molecular flexibility index (Phi) is 4.06. The third-order valence-electron chi connectivity index (χ3n) is 3.08. The van der Waals surface area contributed by atoms with Crippen molar-refractivity contribution in [2.24, 2.45) is 0 Å². The molecule has 0 fully saturated rings. The van der Waals surface area contributed by atoms with Gasteiger partial charge in [-0.05, 0) is 17.7 Å². The van der Waals surface area contributed by atoms with Gasteiger partial charge in [0.2, 0.25) is 0 Å². The van der Waals surface area contributed by atoms with Gasteiger partial charge in [-0.25, -0.2) is 4.79 Å². The van der Waals surface area contributed by atoms with Crippen molar-refractivity contribution in [1.82, 2.24) is 5.32 Å². The number of carbonyl (C=O) groups is 1. The highest BCUT2D eigenvalue weighted by molar-refractivity contribution is 5.90. The zero-order valence-electron chi connectivity index (χ0n) is 11.2. The molecule has 1 unspecified atom stereocenters. The molecular weight excluding hydrogens is 246 g/mol. The number of nitrogens with one attached hydrogen (secondary N) is 1. The van der Waals surface area contributed by atoms with Gasteiger partial charge >= 0.3 is 5.97 Å². The molecule has 1 aromatic carbocycles. The summed E-state index contributed by atoms with van der Waals surface area (Å²) in [6, 6.07) is 5.35. The SMILES string of the molecule is COC(=O)C1=CCNC1c1cc(OC)cc(OC)c1. The number of esters is 1. The average molecular weight is 263 g/mol. The van der Waals surface area contributed by atoms with Crippen LogP contribution in [0.5, 0.6) is 11.5 Å². The van der Waals surface area contributed by atoms with Crippen molar-refractivity contribution < 1.29 is 19.0 Å². The monoisotopic (exact) mass is 263 g/mol. The molecule has 0 radical (unpaired) electrons. The van der Waals surface area contributed by atoms with Crippen LogP contribution in [0.4, 0.5) is 0 Å². The highest BCUT2D eigenvalue weighted by atomic mass is 16.5. The topological polar surface area (TPSA) is 56.8 Å². The van der Waals surface area contributed by atoms with Crippen LogP contribution in [-0.4, -0.2) is 33.8 Å². The van der Waals surface area contributed by atoms with Gasteiger partial charge in [-0.1, -0.05) is 6.08 Å². The highest BCUT2D eigenvalue weighted by Gasteiger charge is 2.27. The Bertz CT molecular complexity index is 488. The van der Waals surface area contributed by atoms with Gasteiger partial charge in [0.25, 0.3) is 0 Å². The minimum Gasteiger partial charge on any atom is -0.497 e. The second-order valence-corrected chi connectivity index (χ2v) is 4.14. The number of rotatable bonds is 4. The van der Waals surface area contributed by atoms with Crippen LogP contribution in [0.1, 0.15) is 11.6 Å². The van der Waals surface area contributed by atoms with E-state index in [0.717, 1.165) is 5.56 Å². The van der Waals surface area contributed by atoms with E-state index in [1.807, 2.05) is 18.2 Å². The molecule has 0 amide bonds. The summed E-state index contributed by atoms with van der Waals surface area (Å²) in [6.45, 7) is 0.634. The molecule has 0 saturated carbocycles. The third-order valence-corrected chi connectivity index (χ3v) is 3.08. The van der Waals surface area contributed by atoms with Gasteiger partial charge in [0.05, 0.1) is 32.9 Å². The molecule has 1 aliphatic rings. The summed E-state index contributed by atoms with van der Waals surface area (Å²) in [5.74, 6) is 1.05. The lowest BCUT2D eigenvalue weighted by Gasteiger charge is -2.16. The predicted molar refractivity (Wildman–Crippen MR) is 70.4 cm³/mol. The first-order valence-electron chi connectivity index (χ1n) is 5.94. The maximum absolute atomic E-state index is 11.7. The maximum atomic E-state index is 11.7. The van der Waals surface area contributed by atoms with E-state index in [2.05, 4.69) is 5.32 Å². The van der Waals surface area contributed by atoms with E-state index in [4.69, 9.17) is 14.2 Å². The Morgan fingerprint density at radius 1 is 1.16 bits per heavy atom. The average Bonchev–Trinajstić information content (AvgIpc) is 2.95. The van der Waals surface area contributed by atoms with E-state index in [1.54, 1.807) is 20.3 Å². The van der Waals surface area contributed by atoms with Crippen LogP contribution < -0.4 is 14.8 Å². The summed E-state index contributed by atoms with van der Waals surface area (Å²) in [5, 5.41) is 3.24. The molecule has 0 aromatic heterocycles. The molecule has 0 bridgehead atoms. The van der Waals surface area contributed by atoms with E-state index in [9.17, 15) is 4.79 Å². The molecule has 1 aromatic rings. The normalized spacial score (nSPS) is 17.8. The van der Waals surface area contributed by atoms with Crippen molar-refractivity contribution >= 4 is 5.97 Å². The van der Waals surface area contributed by atoms with E-state index in [0.29, 0.717) is 23.6 Å². The van der Waals surface area contributed by atoms with Crippen molar-refractivity contribution in [3.63, 3.8) is 0 Å². The van der Waals surface area contributed by atoms with Gasteiger partial charge in [-0.3, -0.25) is 0 Å². The van der Waals surface area contributed by atoms with Crippen LogP contribution in [0.15, 0.2) is 29.8 Å². The van der Waals surface area contributed by atoms with E-state index in [1.165, 1.54) is 7.11 Å². The Hall–Kier alpha value is -2.01. The minimum atomic E-state index is -0.322. The van der Waals surface area contributed by atoms with E-state index >= 15 is 0 Å². The van der Waals surface area contributed by atoms with Crippen LogP contribution in [0.2, 0.25) is 0 Å². The number of carbonyl (C=O) groups excluding carboxylic acids is 1. The summed E-state index contributed by atoms with van der Waals surface area (Å²) in [5.41, 5.74) is 1.52. The first kappa shape index (κ1) is 13.4. The summed E-state index contributed by atoms with van der Waals surface area (Å²) in [7, 11) is 4.57. The summed E-state index contributed by atoms with van der Waals surface area (Å²) in [4.78, 5) is 11.7. The quantitative estimate of drug-likeness (QED) is 0.833. The predicted octanol–water partition coefficient (Wildman–Crippen LogP) is 1.45. The molecule has 5 heteroatoms. The van der Waals surface area contributed by atoms with Crippen molar-refractivity contribution in [3.8, 4) is 11.5 Å². The minimum absolute atomic E-state index is 0.198. The Morgan fingerprint density at radius 3 is 2.32 bits per heavy atom. The van der Waals surface area contributed by atoms with Crippen LogP contribution in [-0.2, 0) is 9.53 Å². The lowest BCUT2D eigenvalue weighted by atomic mass is 10.0. The van der Waals surface area contributed by atoms with Crippen molar-refractivity contribution in [3.05, 3.63) is 35.4 Å². The van der Waals surface area contributed by atoms with Gasteiger partial charge < -0.3 is 19.5 Å². The standard InChI is InChI=1S/C14H17NO4/c1-17-10-6-9(7-11(8-10)18-2)13-12(4-5-15-13)14(16)19-3/h4,6-8,13,15H,5H2,1-3H3. The molecule has 1 atom stereocenters. The molecule has 0 spiro atoms. The summed E-state index contributed by atoms with van der Waals surface area (Å²) in [6.07, 6.45) is 1.84. The first-order chi connectivity index (χ1) is 9.19. The molecular formula is C14H17NO4. The molecule has 102 valence electrons. The molecule has 0 aliphatic carbocycles. The molecule has 2 rings (SSSR count). The Balaban J connectivity index is 2.36. The van der Waals surface area contributed by atoms with Crippen LogP contribution >= 0.6 is 0 Å². The summed E-state index contributed by atoms with van der Waals surface area (Å²) >= 11 is 0. The molecule has 19 heavy (non-hydrogen) atoms. The van der Waals surface area contributed by atoms with Gasteiger partial charge in [0, 0.05) is 12.6 Å². The van der Waals surface area contributed by atoms with Crippen LogP contribution in [0, 0.1) is 0 Å². The van der Waals surface area contributed by atoms with Crippen molar-refractivity contribution in [2.45, 2.75) is 6.04 Å². The molecule has 1 N–H and O–H groups in total. The number of benzene rings is 1. The number of hydrogen-bond acceptors (Lipinski definition) is 5. The van der Waals surface area contributed by atoms with Gasteiger partial charge in [-0.2, -0.15) is 0 Å². The lowest BCUT2D eigenvalue weighted by Crippen LogP contribution is -2.20. The molecule has 1 heterocycles. The van der Waals surface area contributed by atoms with Crippen molar-refractivity contribution in [1.29, 1.82) is 0 Å². The zero-order chi connectivity index (χ0) is 13.8. The number of hydrogen-bond donors (Lipinski definition) is 1. The number of methoxy groups -OCH3 is 3. The van der Waals surface area contributed by atoms with Gasteiger partial charge in [0.1, 0.15) is 11.5 Å². The number of ether oxygens (including phenoxy) is 3. The Morgan fingerprint density at radius 2 is 1.79 bits per heavy atom. The largest absolute Gasteiger partial charge is 0.497 e. The fraction of sp³-hybridized carbons (Fsp3) is 0.357. The van der Waals surface area contributed by atoms with E-state index < -0.39 is 0 Å². The molecule has 5 nitrogen and oxygen atoms in total. The lowest BCUT2D eigenvalue weighted by molar-refractivity contribution is -0.136. The highest BCUT2D eigenvalue weighted by Crippen LogP contribution is 2.32. The summed E-state index contributed by atoms with van der Waals surface area (Å²) < 4.78 is 15.3. The Labute approximate surface area is 112 Å². The van der Waals surface area contributed by atoms with E-state index in [-0.39, 0.29) is 12.0 Å². The molecule has 0 saturated heterocycles. The third kappa shape index (κ3) is 2.71. The smallest absolute Gasteiger partial charge is 0.335 e. The molecule has 1 aliphatic heterocycles. The fourth-order valence-electron chi connectivity index (χ4n) is 2.13. The first-order valence-corrected chi connectivity index (χ1v) is 5.94. The fourth-order valence-corrected chi connectivity index (χ4v) is 2.13. The van der Waals surface area contributed by atoms with Crippen molar-refractivity contribution in [2.75, 3.05) is 27.9 Å². The van der Waals surface area contributed by atoms with Crippen LogP contribution in [0.25, 0.3) is 0 Å². The second-order valence-electron chi connectivity index (χ2n) is 4.14. The maximum Gasteiger partial charge on any atom is 0.335 e. The van der Waals surface area contributed by atoms with Crippen LogP contribution in [0.3, 0.4) is 0 Å².